The monoisotopic (exact) mass is 383 g/mol. The summed E-state index contributed by atoms with van der Waals surface area (Å²) >= 11 is 0. The highest BCUT2D eigenvalue weighted by Crippen LogP contribution is 2.40. The molecular formula is C21H16F3N3O. The van der Waals surface area contributed by atoms with Crippen LogP contribution in [-0.2, 0) is 0 Å². The summed E-state index contributed by atoms with van der Waals surface area (Å²) in [6.07, 6.45) is -4.30. The van der Waals surface area contributed by atoms with Gasteiger partial charge in [0.2, 0.25) is 5.72 Å². The molecule has 2 aromatic carbocycles. The first-order valence-corrected chi connectivity index (χ1v) is 8.61. The number of alkyl halides is 3. The van der Waals surface area contributed by atoms with Crippen molar-refractivity contribution in [2.75, 3.05) is 5.32 Å². The van der Waals surface area contributed by atoms with Crippen LogP contribution in [0.25, 0.3) is 11.1 Å². The molecule has 142 valence electrons. The van der Waals surface area contributed by atoms with Crippen LogP contribution in [0, 0.1) is 0 Å². The molecule has 0 fully saturated rings. The second-order valence-electron chi connectivity index (χ2n) is 6.53. The van der Waals surface area contributed by atoms with Gasteiger partial charge >= 0.3 is 6.18 Å². The summed E-state index contributed by atoms with van der Waals surface area (Å²) in [5.74, 6) is -0.113. The molecule has 7 heteroatoms. The lowest BCUT2D eigenvalue weighted by Gasteiger charge is -2.30. The molecule has 0 radical (unpaired) electrons. The Morgan fingerprint density at radius 2 is 1.50 bits per heavy atom. The smallest absolute Gasteiger partial charge is 0.363 e. The highest BCUT2D eigenvalue weighted by molar-refractivity contribution is 6.04. The molecule has 1 aliphatic heterocycles. The normalized spacial score (nSPS) is 19.2. The van der Waals surface area contributed by atoms with Gasteiger partial charge in [-0.25, -0.2) is 9.98 Å². The first-order chi connectivity index (χ1) is 13.4. The van der Waals surface area contributed by atoms with Gasteiger partial charge in [-0.3, -0.25) is 0 Å². The number of aromatic nitrogens is 1. The van der Waals surface area contributed by atoms with Gasteiger partial charge in [-0.1, -0.05) is 54.6 Å². The van der Waals surface area contributed by atoms with Gasteiger partial charge in [-0.05, 0) is 28.8 Å². The van der Waals surface area contributed by atoms with Crippen LogP contribution in [-0.4, -0.2) is 27.7 Å². The number of anilines is 1. The second-order valence-corrected chi connectivity index (χ2v) is 6.53. The number of nitrogens with zero attached hydrogens (tertiary/aromatic N) is 2. The molecule has 1 aliphatic rings. The van der Waals surface area contributed by atoms with E-state index >= 15 is 0 Å². The second kappa shape index (κ2) is 6.76. The summed E-state index contributed by atoms with van der Waals surface area (Å²) in [7, 11) is 0. The topological polar surface area (TPSA) is 57.5 Å². The average molecular weight is 383 g/mol. The Morgan fingerprint density at radius 1 is 0.857 bits per heavy atom. The fourth-order valence-corrected chi connectivity index (χ4v) is 3.07. The summed E-state index contributed by atoms with van der Waals surface area (Å²) in [4.78, 5) is 8.24. The molecule has 4 nitrogen and oxygen atoms in total. The minimum atomic E-state index is -4.91. The third kappa shape index (κ3) is 3.36. The van der Waals surface area contributed by atoms with Crippen LogP contribution in [0.2, 0.25) is 0 Å². The van der Waals surface area contributed by atoms with Crippen molar-refractivity contribution in [1.29, 1.82) is 0 Å². The molecule has 3 aromatic rings. The molecule has 1 atom stereocenters. The number of hydrogen-bond acceptors (Lipinski definition) is 4. The molecular weight excluding hydrogens is 367 g/mol. The van der Waals surface area contributed by atoms with Crippen LogP contribution in [0.15, 0.2) is 77.9 Å². The van der Waals surface area contributed by atoms with Gasteiger partial charge < -0.3 is 10.4 Å². The maximum atomic E-state index is 13.6. The number of fused-ring (bicyclic) bond motifs is 1. The summed E-state index contributed by atoms with van der Waals surface area (Å²) in [6.45, 7) is 0. The number of benzene rings is 2. The average Bonchev–Trinajstić information content (AvgIpc) is 2.85. The van der Waals surface area contributed by atoms with Crippen molar-refractivity contribution < 1.29 is 18.3 Å². The number of rotatable bonds is 2. The number of aliphatic hydroxyl groups is 1. The van der Waals surface area contributed by atoms with E-state index in [-0.39, 0.29) is 17.2 Å². The molecule has 0 saturated carbocycles. The molecule has 1 aromatic heterocycles. The van der Waals surface area contributed by atoms with Crippen molar-refractivity contribution in [1.82, 2.24) is 4.98 Å². The Labute approximate surface area is 159 Å². The summed E-state index contributed by atoms with van der Waals surface area (Å²) in [5.41, 5.74) is -0.363. The van der Waals surface area contributed by atoms with Crippen LogP contribution >= 0.6 is 0 Å². The molecule has 2 N–H and O–H groups in total. The van der Waals surface area contributed by atoms with Crippen molar-refractivity contribution in [2.24, 2.45) is 4.99 Å². The first-order valence-electron chi connectivity index (χ1n) is 8.61. The van der Waals surface area contributed by atoms with E-state index in [4.69, 9.17) is 0 Å². The third-order valence-electron chi connectivity index (χ3n) is 4.58. The zero-order chi connectivity index (χ0) is 19.8. The maximum absolute atomic E-state index is 13.6. The Kier molecular flexibility index (Phi) is 4.39. The fourth-order valence-electron chi connectivity index (χ4n) is 3.07. The van der Waals surface area contributed by atoms with E-state index < -0.39 is 18.3 Å². The van der Waals surface area contributed by atoms with E-state index in [9.17, 15) is 18.3 Å². The lowest BCUT2D eigenvalue weighted by atomic mass is 9.97. The van der Waals surface area contributed by atoms with Gasteiger partial charge in [0.15, 0.2) is 5.82 Å². The fraction of sp³-hybridized carbons (Fsp3) is 0.143. The quantitative estimate of drug-likeness (QED) is 0.659. The summed E-state index contributed by atoms with van der Waals surface area (Å²) < 4.78 is 40.7. The predicted octanol–water partition coefficient (Wildman–Crippen LogP) is 4.94. The Morgan fingerprint density at radius 3 is 2.18 bits per heavy atom. The summed E-state index contributed by atoms with van der Waals surface area (Å²) in [6, 6.07) is 19.8. The van der Waals surface area contributed by atoms with Gasteiger partial charge in [-0.2, -0.15) is 13.2 Å². The minimum absolute atomic E-state index is 0.113. The van der Waals surface area contributed by atoms with Crippen molar-refractivity contribution in [3.63, 3.8) is 0 Å². The van der Waals surface area contributed by atoms with Crippen LogP contribution in [0.4, 0.5) is 24.7 Å². The van der Waals surface area contributed by atoms with Crippen LogP contribution in [0.1, 0.15) is 12.0 Å². The molecule has 0 aliphatic carbocycles. The van der Waals surface area contributed by atoms with Crippen molar-refractivity contribution >= 4 is 17.2 Å². The molecule has 0 spiro atoms. The highest BCUT2D eigenvalue weighted by atomic mass is 19.4. The molecule has 0 amide bonds. The lowest BCUT2D eigenvalue weighted by Crippen LogP contribution is -2.53. The molecule has 4 rings (SSSR count). The molecule has 28 heavy (non-hydrogen) atoms. The zero-order valence-corrected chi connectivity index (χ0v) is 14.6. The Hall–Kier alpha value is -3.19. The third-order valence-corrected chi connectivity index (χ3v) is 4.58. The van der Waals surface area contributed by atoms with E-state index in [0.29, 0.717) is 5.56 Å². The van der Waals surface area contributed by atoms with E-state index in [1.54, 1.807) is 24.3 Å². The number of halogens is 3. The van der Waals surface area contributed by atoms with Crippen LogP contribution in [0.3, 0.4) is 0 Å². The number of nitrogens with one attached hydrogen (secondary N) is 1. The standard InChI is InChI=1S/C21H16F3N3O/c22-21(23,24)20(28)13-18(26-17-7-4-12-25-19(17)27-20)16-10-8-15(9-11-16)14-5-2-1-3-6-14/h1-12,28H,13H2,(H,25,27). The van der Waals surface area contributed by atoms with Crippen molar-refractivity contribution in [2.45, 2.75) is 18.3 Å². The highest BCUT2D eigenvalue weighted by Gasteiger charge is 2.55. The zero-order valence-electron chi connectivity index (χ0n) is 14.6. The largest absolute Gasteiger partial charge is 0.436 e. The van der Waals surface area contributed by atoms with E-state index in [0.717, 1.165) is 11.1 Å². The van der Waals surface area contributed by atoms with Gasteiger partial charge in [-0.15, -0.1) is 0 Å². The van der Waals surface area contributed by atoms with E-state index in [2.05, 4.69) is 15.3 Å². The molecule has 0 bridgehead atoms. The SMILES string of the molecule is OC1(C(F)(F)F)CC(c2ccc(-c3ccccc3)cc2)=Nc2cccnc2N1. The van der Waals surface area contributed by atoms with Crippen LogP contribution in [0.5, 0.6) is 0 Å². The van der Waals surface area contributed by atoms with Crippen LogP contribution < -0.4 is 5.32 Å². The first kappa shape index (κ1) is 18.2. The van der Waals surface area contributed by atoms with Gasteiger partial charge in [0, 0.05) is 12.6 Å². The maximum Gasteiger partial charge on any atom is 0.436 e. The Bertz CT molecular complexity index is 1020. The van der Waals surface area contributed by atoms with Gasteiger partial charge in [0.25, 0.3) is 0 Å². The van der Waals surface area contributed by atoms with E-state index in [1.807, 2.05) is 42.5 Å². The number of aliphatic imine (C=N–C) groups is 1. The molecule has 0 saturated heterocycles. The van der Waals surface area contributed by atoms with Gasteiger partial charge in [0.05, 0.1) is 5.71 Å². The molecule has 1 unspecified atom stereocenters. The van der Waals surface area contributed by atoms with Gasteiger partial charge in [0.1, 0.15) is 5.69 Å². The lowest BCUT2D eigenvalue weighted by molar-refractivity contribution is -0.245. The number of hydrogen-bond donors (Lipinski definition) is 2. The minimum Gasteiger partial charge on any atom is -0.363 e. The van der Waals surface area contributed by atoms with Crippen molar-refractivity contribution in [3.8, 4) is 11.1 Å². The van der Waals surface area contributed by atoms with Crippen molar-refractivity contribution in [3.05, 3.63) is 78.5 Å². The predicted molar refractivity (Wildman–Crippen MR) is 102 cm³/mol. The van der Waals surface area contributed by atoms with E-state index in [1.165, 1.54) is 6.20 Å². The Balaban J connectivity index is 1.76. The summed E-state index contributed by atoms with van der Waals surface area (Å²) in [5, 5.41) is 12.5. The number of pyridine rings is 1. The molecule has 2 heterocycles.